The van der Waals surface area contributed by atoms with Crippen molar-refractivity contribution in [2.24, 2.45) is 5.73 Å². The van der Waals surface area contributed by atoms with Crippen LogP contribution in [0.2, 0.25) is 0 Å². The van der Waals surface area contributed by atoms with Gasteiger partial charge < -0.3 is 15.4 Å². The third-order valence-corrected chi connectivity index (χ3v) is 3.58. The highest BCUT2D eigenvalue weighted by Crippen LogP contribution is 2.44. The Bertz CT molecular complexity index is 459. The summed E-state index contributed by atoms with van der Waals surface area (Å²) in [7, 11) is 3.43. The lowest BCUT2D eigenvalue weighted by Crippen LogP contribution is -2.37. The highest BCUT2D eigenvalue weighted by atomic mass is 16.5. The fourth-order valence-electron chi connectivity index (χ4n) is 2.50. The standard InChI is InChI=1S/C13H18N2O2/c1-13(6-7-14)10-8-9(17-3)4-5-11(10)15(2)12(13)16/h4-5,8H,6-7,14H2,1-3H3/t13-/m0/s1. The molecule has 17 heavy (non-hydrogen) atoms. The molecule has 1 aromatic rings. The van der Waals surface area contributed by atoms with Gasteiger partial charge in [-0.15, -0.1) is 0 Å². The Morgan fingerprint density at radius 2 is 2.18 bits per heavy atom. The normalized spacial score (nSPS) is 22.8. The first kappa shape index (κ1) is 11.9. The average Bonchev–Trinajstić information content (AvgIpc) is 2.52. The number of carbonyl (C=O) groups is 1. The summed E-state index contributed by atoms with van der Waals surface area (Å²) in [6, 6.07) is 5.73. The minimum atomic E-state index is -0.520. The first-order chi connectivity index (χ1) is 8.04. The van der Waals surface area contributed by atoms with E-state index < -0.39 is 5.41 Å². The van der Waals surface area contributed by atoms with Gasteiger partial charge in [-0.3, -0.25) is 4.79 Å². The van der Waals surface area contributed by atoms with Crippen molar-refractivity contribution in [3.8, 4) is 5.75 Å². The molecule has 1 amide bonds. The zero-order valence-electron chi connectivity index (χ0n) is 10.5. The van der Waals surface area contributed by atoms with E-state index in [0.29, 0.717) is 13.0 Å². The fraction of sp³-hybridized carbons (Fsp3) is 0.462. The van der Waals surface area contributed by atoms with E-state index in [1.807, 2.05) is 25.1 Å². The summed E-state index contributed by atoms with van der Waals surface area (Å²) in [4.78, 5) is 14.0. The number of nitrogens with two attached hydrogens (primary N) is 1. The Balaban J connectivity index is 2.57. The monoisotopic (exact) mass is 234 g/mol. The van der Waals surface area contributed by atoms with Crippen LogP contribution in [-0.2, 0) is 10.2 Å². The molecule has 0 spiro atoms. The van der Waals surface area contributed by atoms with Gasteiger partial charge in [0.2, 0.25) is 5.91 Å². The second-order valence-electron chi connectivity index (χ2n) is 4.62. The molecule has 2 rings (SSSR count). The number of rotatable bonds is 3. The lowest BCUT2D eigenvalue weighted by molar-refractivity contribution is -0.122. The van der Waals surface area contributed by atoms with Gasteiger partial charge in [-0.05, 0) is 43.7 Å². The molecular weight excluding hydrogens is 216 g/mol. The Hall–Kier alpha value is -1.55. The minimum absolute atomic E-state index is 0.103. The number of hydrogen-bond donors (Lipinski definition) is 1. The van der Waals surface area contributed by atoms with Crippen LogP contribution < -0.4 is 15.4 Å². The number of amides is 1. The van der Waals surface area contributed by atoms with Gasteiger partial charge in [0.1, 0.15) is 5.75 Å². The van der Waals surface area contributed by atoms with Crippen LogP contribution >= 0.6 is 0 Å². The molecule has 0 unspecified atom stereocenters. The Morgan fingerprint density at radius 3 is 2.76 bits per heavy atom. The first-order valence-electron chi connectivity index (χ1n) is 5.71. The summed E-state index contributed by atoms with van der Waals surface area (Å²) in [6.07, 6.45) is 0.649. The van der Waals surface area contributed by atoms with E-state index in [2.05, 4.69) is 0 Å². The molecular formula is C13H18N2O2. The Kier molecular flexibility index (Phi) is 2.83. The van der Waals surface area contributed by atoms with E-state index in [0.717, 1.165) is 17.0 Å². The molecule has 0 aromatic heterocycles. The van der Waals surface area contributed by atoms with Gasteiger partial charge in [0.05, 0.1) is 12.5 Å². The molecule has 1 aromatic carbocycles. The lowest BCUT2D eigenvalue weighted by atomic mass is 9.80. The molecule has 0 aliphatic carbocycles. The zero-order chi connectivity index (χ0) is 12.6. The molecule has 0 saturated carbocycles. The molecule has 4 heteroatoms. The van der Waals surface area contributed by atoms with Gasteiger partial charge in [0.15, 0.2) is 0 Å². The number of anilines is 1. The first-order valence-corrected chi connectivity index (χ1v) is 5.71. The van der Waals surface area contributed by atoms with Gasteiger partial charge in [0.25, 0.3) is 0 Å². The summed E-state index contributed by atoms with van der Waals surface area (Å²) in [5, 5.41) is 0. The quantitative estimate of drug-likeness (QED) is 0.857. The average molecular weight is 234 g/mol. The topological polar surface area (TPSA) is 55.6 Å². The minimum Gasteiger partial charge on any atom is -0.497 e. The number of fused-ring (bicyclic) bond motifs is 1. The third kappa shape index (κ3) is 1.60. The molecule has 1 aliphatic heterocycles. The summed E-state index contributed by atoms with van der Waals surface area (Å²) in [6.45, 7) is 2.44. The van der Waals surface area contributed by atoms with Crippen molar-refractivity contribution in [3.05, 3.63) is 23.8 Å². The van der Waals surface area contributed by atoms with Crippen LogP contribution in [0.5, 0.6) is 5.75 Å². The van der Waals surface area contributed by atoms with Gasteiger partial charge in [-0.2, -0.15) is 0 Å². The van der Waals surface area contributed by atoms with E-state index in [1.54, 1.807) is 19.1 Å². The van der Waals surface area contributed by atoms with Crippen molar-refractivity contribution in [2.45, 2.75) is 18.8 Å². The van der Waals surface area contributed by atoms with Crippen LogP contribution in [0, 0.1) is 0 Å². The van der Waals surface area contributed by atoms with Gasteiger partial charge >= 0.3 is 0 Å². The van der Waals surface area contributed by atoms with Crippen molar-refractivity contribution in [2.75, 3.05) is 25.6 Å². The van der Waals surface area contributed by atoms with Gasteiger partial charge in [0, 0.05) is 12.7 Å². The second-order valence-corrected chi connectivity index (χ2v) is 4.62. The molecule has 4 nitrogen and oxygen atoms in total. The molecule has 1 aliphatic rings. The van der Waals surface area contributed by atoms with Gasteiger partial charge in [-0.25, -0.2) is 0 Å². The Morgan fingerprint density at radius 1 is 1.47 bits per heavy atom. The van der Waals surface area contributed by atoms with Crippen LogP contribution in [-0.4, -0.2) is 26.6 Å². The predicted molar refractivity (Wildman–Crippen MR) is 67.4 cm³/mol. The maximum absolute atomic E-state index is 12.3. The summed E-state index contributed by atoms with van der Waals surface area (Å²) in [5.74, 6) is 0.876. The number of nitrogens with zero attached hydrogens (tertiary/aromatic N) is 1. The smallest absolute Gasteiger partial charge is 0.237 e. The van der Waals surface area contributed by atoms with Crippen LogP contribution in [0.15, 0.2) is 18.2 Å². The number of benzene rings is 1. The van der Waals surface area contributed by atoms with Crippen LogP contribution in [0.4, 0.5) is 5.69 Å². The summed E-state index contributed by atoms with van der Waals surface area (Å²) >= 11 is 0. The number of carbonyl (C=O) groups excluding carboxylic acids is 1. The molecule has 0 bridgehead atoms. The van der Waals surface area contributed by atoms with E-state index in [-0.39, 0.29) is 5.91 Å². The molecule has 0 saturated heterocycles. The summed E-state index contributed by atoms with van der Waals surface area (Å²) < 4.78 is 5.22. The molecule has 0 fully saturated rings. The Labute approximate surface area is 101 Å². The van der Waals surface area contributed by atoms with E-state index >= 15 is 0 Å². The van der Waals surface area contributed by atoms with Crippen molar-refractivity contribution < 1.29 is 9.53 Å². The van der Waals surface area contributed by atoms with E-state index in [9.17, 15) is 4.79 Å². The molecule has 0 radical (unpaired) electrons. The maximum Gasteiger partial charge on any atom is 0.237 e. The summed E-state index contributed by atoms with van der Waals surface area (Å²) in [5.41, 5.74) is 7.07. The second kappa shape index (κ2) is 4.04. The molecule has 92 valence electrons. The molecule has 1 heterocycles. The number of likely N-dealkylation sites (N-methyl/N-ethyl adjacent to an activating group) is 1. The maximum atomic E-state index is 12.3. The third-order valence-electron chi connectivity index (χ3n) is 3.58. The number of ether oxygens (including phenoxy) is 1. The van der Waals surface area contributed by atoms with E-state index in [4.69, 9.17) is 10.5 Å². The van der Waals surface area contributed by atoms with E-state index in [1.165, 1.54) is 0 Å². The van der Waals surface area contributed by atoms with Crippen molar-refractivity contribution in [1.82, 2.24) is 0 Å². The fourth-order valence-corrected chi connectivity index (χ4v) is 2.50. The van der Waals surface area contributed by atoms with Crippen molar-refractivity contribution in [1.29, 1.82) is 0 Å². The van der Waals surface area contributed by atoms with Crippen LogP contribution in [0.1, 0.15) is 18.9 Å². The number of hydrogen-bond acceptors (Lipinski definition) is 3. The highest BCUT2D eigenvalue weighted by molar-refractivity contribution is 6.07. The largest absolute Gasteiger partial charge is 0.497 e. The van der Waals surface area contributed by atoms with Gasteiger partial charge in [-0.1, -0.05) is 0 Å². The van der Waals surface area contributed by atoms with Crippen molar-refractivity contribution >= 4 is 11.6 Å². The molecule has 1 atom stereocenters. The SMILES string of the molecule is COc1ccc2c(c1)[C@](C)(CCN)C(=O)N2C. The number of methoxy groups -OCH3 is 1. The zero-order valence-corrected chi connectivity index (χ0v) is 10.5. The lowest BCUT2D eigenvalue weighted by Gasteiger charge is -2.22. The predicted octanol–water partition coefficient (Wildman–Crippen LogP) is 1.28. The van der Waals surface area contributed by atoms with Crippen LogP contribution in [0.25, 0.3) is 0 Å². The highest BCUT2D eigenvalue weighted by Gasteiger charge is 2.45. The molecule has 2 N–H and O–H groups in total. The van der Waals surface area contributed by atoms with Crippen LogP contribution in [0.3, 0.4) is 0 Å². The van der Waals surface area contributed by atoms with Crippen molar-refractivity contribution in [3.63, 3.8) is 0 Å².